The number of hydrogen-bond donors (Lipinski definition) is 0. The van der Waals surface area contributed by atoms with Gasteiger partial charge in [-0.05, 0) is 32.3 Å². The number of rotatable bonds is 1. The molecule has 2 rings (SSSR count). The molecule has 1 fully saturated rings. The molecule has 0 saturated carbocycles. The lowest BCUT2D eigenvalue weighted by Crippen LogP contribution is -2.30. The standard InChI is InChI=1S/C10H15N3/c1-9-11-6-5-10(12-9)13-7-3-2-4-8-13/h5-6H,2-4,7-8H2,1H3. The molecular weight excluding hydrogens is 162 g/mol. The highest BCUT2D eigenvalue weighted by Crippen LogP contribution is 2.16. The molecule has 1 aromatic rings. The van der Waals surface area contributed by atoms with E-state index in [0.717, 1.165) is 24.7 Å². The second-order valence-corrected chi connectivity index (χ2v) is 3.51. The van der Waals surface area contributed by atoms with E-state index in [0.29, 0.717) is 0 Å². The lowest BCUT2D eigenvalue weighted by atomic mass is 10.1. The fourth-order valence-electron chi connectivity index (χ4n) is 1.74. The molecule has 0 aliphatic carbocycles. The van der Waals surface area contributed by atoms with Crippen LogP contribution in [0.5, 0.6) is 0 Å². The predicted octanol–water partition coefficient (Wildman–Crippen LogP) is 1.78. The summed E-state index contributed by atoms with van der Waals surface area (Å²) in [4.78, 5) is 10.9. The zero-order chi connectivity index (χ0) is 9.10. The number of anilines is 1. The Kier molecular flexibility index (Phi) is 2.43. The van der Waals surface area contributed by atoms with E-state index in [-0.39, 0.29) is 0 Å². The Morgan fingerprint density at radius 1 is 1.23 bits per heavy atom. The molecule has 1 aromatic heterocycles. The van der Waals surface area contributed by atoms with Crippen LogP contribution in [0.2, 0.25) is 0 Å². The minimum atomic E-state index is 0.864. The molecule has 0 atom stereocenters. The van der Waals surface area contributed by atoms with Crippen LogP contribution < -0.4 is 4.90 Å². The van der Waals surface area contributed by atoms with Crippen LogP contribution in [0.4, 0.5) is 5.82 Å². The van der Waals surface area contributed by atoms with Crippen molar-refractivity contribution < 1.29 is 0 Å². The summed E-state index contributed by atoms with van der Waals surface area (Å²) >= 11 is 0. The first-order valence-corrected chi connectivity index (χ1v) is 4.91. The number of nitrogens with zero attached hydrogens (tertiary/aromatic N) is 3. The minimum Gasteiger partial charge on any atom is -0.357 e. The van der Waals surface area contributed by atoms with Gasteiger partial charge in [-0.3, -0.25) is 0 Å². The normalized spacial score (nSPS) is 17.5. The summed E-state index contributed by atoms with van der Waals surface area (Å²) in [6.07, 6.45) is 5.79. The van der Waals surface area contributed by atoms with E-state index in [1.165, 1.54) is 19.3 Å². The third-order valence-electron chi connectivity index (χ3n) is 2.44. The highest BCUT2D eigenvalue weighted by Gasteiger charge is 2.11. The summed E-state index contributed by atoms with van der Waals surface area (Å²) < 4.78 is 0. The van der Waals surface area contributed by atoms with Crippen molar-refractivity contribution in [3.63, 3.8) is 0 Å². The van der Waals surface area contributed by atoms with E-state index < -0.39 is 0 Å². The third-order valence-corrected chi connectivity index (χ3v) is 2.44. The average Bonchev–Trinajstić information content (AvgIpc) is 2.19. The second kappa shape index (κ2) is 3.73. The number of hydrogen-bond acceptors (Lipinski definition) is 3. The first-order valence-electron chi connectivity index (χ1n) is 4.91. The quantitative estimate of drug-likeness (QED) is 0.654. The highest BCUT2D eigenvalue weighted by atomic mass is 15.2. The number of aromatic nitrogens is 2. The summed E-state index contributed by atoms with van der Waals surface area (Å²) in [5.74, 6) is 1.95. The van der Waals surface area contributed by atoms with Gasteiger partial charge in [0.25, 0.3) is 0 Å². The first-order chi connectivity index (χ1) is 6.36. The van der Waals surface area contributed by atoms with Crippen molar-refractivity contribution in [1.29, 1.82) is 0 Å². The smallest absolute Gasteiger partial charge is 0.132 e. The van der Waals surface area contributed by atoms with Crippen LogP contribution in [0.25, 0.3) is 0 Å². The molecule has 2 heterocycles. The predicted molar refractivity (Wildman–Crippen MR) is 52.8 cm³/mol. The molecule has 0 N–H and O–H groups in total. The van der Waals surface area contributed by atoms with Gasteiger partial charge in [-0.2, -0.15) is 0 Å². The molecular formula is C10H15N3. The van der Waals surface area contributed by atoms with Crippen molar-refractivity contribution in [2.24, 2.45) is 0 Å². The fourth-order valence-corrected chi connectivity index (χ4v) is 1.74. The molecule has 0 radical (unpaired) electrons. The van der Waals surface area contributed by atoms with Crippen molar-refractivity contribution in [3.05, 3.63) is 18.1 Å². The van der Waals surface area contributed by atoms with Crippen molar-refractivity contribution in [1.82, 2.24) is 9.97 Å². The summed E-state index contributed by atoms with van der Waals surface area (Å²) in [5, 5.41) is 0. The Labute approximate surface area is 78.8 Å². The molecule has 0 aromatic carbocycles. The van der Waals surface area contributed by atoms with E-state index in [2.05, 4.69) is 14.9 Å². The van der Waals surface area contributed by atoms with Crippen molar-refractivity contribution in [3.8, 4) is 0 Å². The Hall–Kier alpha value is -1.12. The molecule has 1 aliphatic heterocycles. The minimum absolute atomic E-state index is 0.864. The Morgan fingerprint density at radius 3 is 2.69 bits per heavy atom. The maximum absolute atomic E-state index is 4.41. The second-order valence-electron chi connectivity index (χ2n) is 3.51. The Balaban J connectivity index is 2.14. The molecule has 1 aliphatic rings. The van der Waals surface area contributed by atoms with Crippen LogP contribution in [-0.2, 0) is 0 Å². The van der Waals surface area contributed by atoms with Gasteiger partial charge in [0, 0.05) is 19.3 Å². The molecule has 0 bridgehead atoms. The summed E-state index contributed by atoms with van der Waals surface area (Å²) in [6.45, 7) is 4.24. The van der Waals surface area contributed by atoms with E-state index in [1.54, 1.807) is 0 Å². The van der Waals surface area contributed by atoms with E-state index in [9.17, 15) is 0 Å². The van der Waals surface area contributed by atoms with E-state index in [1.807, 2.05) is 19.2 Å². The Bertz CT molecular complexity index is 279. The molecule has 0 unspecified atom stereocenters. The zero-order valence-corrected chi connectivity index (χ0v) is 8.03. The van der Waals surface area contributed by atoms with Gasteiger partial charge < -0.3 is 4.90 Å². The van der Waals surface area contributed by atoms with Crippen molar-refractivity contribution in [2.45, 2.75) is 26.2 Å². The molecule has 13 heavy (non-hydrogen) atoms. The topological polar surface area (TPSA) is 29.0 Å². The van der Waals surface area contributed by atoms with Crippen LogP contribution in [-0.4, -0.2) is 23.1 Å². The maximum Gasteiger partial charge on any atom is 0.132 e. The summed E-state index contributed by atoms with van der Waals surface area (Å²) in [7, 11) is 0. The number of aryl methyl sites for hydroxylation is 1. The number of piperidine rings is 1. The van der Waals surface area contributed by atoms with Crippen molar-refractivity contribution >= 4 is 5.82 Å². The van der Waals surface area contributed by atoms with Crippen molar-refractivity contribution in [2.75, 3.05) is 18.0 Å². The van der Waals surface area contributed by atoms with Gasteiger partial charge in [0.05, 0.1) is 0 Å². The van der Waals surface area contributed by atoms with Crippen LogP contribution in [0.15, 0.2) is 12.3 Å². The molecule has 70 valence electrons. The lowest BCUT2D eigenvalue weighted by Gasteiger charge is -2.27. The van der Waals surface area contributed by atoms with Crippen LogP contribution in [0.1, 0.15) is 25.1 Å². The van der Waals surface area contributed by atoms with Gasteiger partial charge >= 0.3 is 0 Å². The van der Waals surface area contributed by atoms with Gasteiger partial charge in [0.1, 0.15) is 11.6 Å². The summed E-state index contributed by atoms with van der Waals surface area (Å²) in [5.41, 5.74) is 0. The van der Waals surface area contributed by atoms with E-state index in [4.69, 9.17) is 0 Å². The highest BCUT2D eigenvalue weighted by molar-refractivity contribution is 5.37. The fraction of sp³-hybridized carbons (Fsp3) is 0.600. The van der Waals surface area contributed by atoms with Crippen LogP contribution in [0, 0.1) is 6.92 Å². The van der Waals surface area contributed by atoms with Gasteiger partial charge in [0.15, 0.2) is 0 Å². The van der Waals surface area contributed by atoms with Crippen LogP contribution in [0.3, 0.4) is 0 Å². The lowest BCUT2D eigenvalue weighted by molar-refractivity contribution is 0.572. The molecule has 1 saturated heterocycles. The van der Waals surface area contributed by atoms with Crippen LogP contribution >= 0.6 is 0 Å². The van der Waals surface area contributed by atoms with Gasteiger partial charge in [-0.25, -0.2) is 9.97 Å². The van der Waals surface area contributed by atoms with Gasteiger partial charge in [0.2, 0.25) is 0 Å². The van der Waals surface area contributed by atoms with Gasteiger partial charge in [-0.1, -0.05) is 0 Å². The van der Waals surface area contributed by atoms with Gasteiger partial charge in [-0.15, -0.1) is 0 Å². The maximum atomic E-state index is 4.41. The SMILES string of the molecule is Cc1nccc(N2CCCCC2)n1. The molecule has 3 heteroatoms. The monoisotopic (exact) mass is 177 g/mol. The zero-order valence-electron chi connectivity index (χ0n) is 8.03. The first kappa shape index (κ1) is 8.48. The average molecular weight is 177 g/mol. The molecule has 0 spiro atoms. The Morgan fingerprint density at radius 2 is 2.00 bits per heavy atom. The largest absolute Gasteiger partial charge is 0.357 e. The molecule has 0 amide bonds. The van der Waals surface area contributed by atoms with E-state index >= 15 is 0 Å². The third kappa shape index (κ3) is 1.97. The summed E-state index contributed by atoms with van der Waals surface area (Å²) in [6, 6.07) is 2.00. The molecule has 3 nitrogen and oxygen atoms in total.